The van der Waals surface area contributed by atoms with Crippen LogP contribution in [0.25, 0.3) is 10.9 Å². The summed E-state index contributed by atoms with van der Waals surface area (Å²) in [5.41, 5.74) is 3.28. The van der Waals surface area contributed by atoms with Crippen LogP contribution in [-0.4, -0.2) is 12.4 Å². The summed E-state index contributed by atoms with van der Waals surface area (Å²) in [6, 6.07) is 7.38. The molecule has 1 aromatic heterocycles. The van der Waals surface area contributed by atoms with E-state index in [1.807, 2.05) is 0 Å². The predicted octanol–water partition coefficient (Wildman–Crippen LogP) is 4.42. The van der Waals surface area contributed by atoms with Gasteiger partial charge >= 0.3 is 6.18 Å². The van der Waals surface area contributed by atoms with Gasteiger partial charge in [0.1, 0.15) is 4.90 Å². The molecule has 0 atom stereocenters. The van der Waals surface area contributed by atoms with Gasteiger partial charge in [-0.1, -0.05) is 18.2 Å². The van der Waals surface area contributed by atoms with Gasteiger partial charge in [0.25, 0.3) is 16.4 Å². The average Bonchev–Trinajstić information content (AvgIpc) is 2.96. The van der Waals surface area contributed by atoms with E-state index < -0.39 is 38.6 Å². The fourth-order valence-corrected chi connectivity index (χ4v) is 4.30. The van der Waals surface area contributed by atoms with Crippen LogP contribution < -0.4 is 5.73 Å². The molecule has 0 amide bonds. The summed E-state index contributed by atoms with van der Waals surface area (Å²) < 4.78 is 92.3. The number of hydrogen-bond donors (Lipinski definition) is 1. The monoisotopic (exact) mass is 390 g/mol. The first-order valence-electron chi connectivity index (χ1n) is 7.14. The van der Waals surface area contributed by atoms with Crippen molar-refractivity contribution in [2.45, 2.75) is 17.5 Å². The smallest absolute Gasteiger partial charge is 0.398 e. The van der Waals surface area contributed by atoms with Gasteiger partial charge in [-0.2, -0.15) is 13.2 Å². The highest BCUT2D eigenvalue weighted by atomic mass is 32.2. The number of hydrogen-bond acceptors (Lipinski definition) is 3. The molecule has 3 rings (SSSR count). The number of nitrogens with two attached hydrogens (primary N) is 1. The number of anilines is 1. The second-order valence-corrected chi connectivity index (χ2v) is 7.20. The van der Waals surface area contributed by atoms with E-state index in [0.29, 0.717) is 16.2 Å². The van der Waals surface area contributed by atoms with Gasteiger partial charge in [0.2, 0.25) is 0 Å². The van der Waals surface area contributed by atoms with Crippen molar-refractivity contribution in [2.75, 3.05) is 5.73 Å². The first-order valence-corrected chi connectivity index (χ1v) is 8.58. The van der Waals surface area contributed by atoms with Gasteiger partial charge in [0.05, 0.1) is 11.1 Å². The molecule has 0 saturated heterocycles. The summed E-state index contributed by atoms with van der Waals surface area (Å²) in [5, 5.41) is -0.212. The Kier molecular flexibility index (Phi) is 4.18. The number of aromatic nitrogens is 1. The minimum absolute atomic E-state index is 0.101. The molecule has 4 nitrogen and oxygen atoms in total. The highest BCUT2D eigenvalue weighted by molar-refractivity contribution is 7.90. The molecule has 0 radical (unpaired) electrons. The minimum atomic E-state index is -4.93. The lowest BCUT2D eigenvalue weighted by Gasteiger charge is -2.14. The van der Waals surface area contributed by atoms with Crippen LogP contribution in [0.15, 0.2) is 53.6 Å². The van der Waals surface area contributed by atoms with Crippen molar-refractivity contribution in [3.05, 3.63) is 59.8 Å². The molecule has 2 N–H and O–H groups in total. The molecule has 0 aliphatic heterocycles. The fraction of sp³-hybridized carbons (Fsp3) is 0.125. The van der Waals surface area contributed by atoms with Crippen molar-refractivity contribution in [1.82, 2.24) is 3.97 Å². The first-order chi connectivity index (χ1) is 12.0. The third-order valence-electron chi connectivity index (χ3n) is 3.82. The standard InChI is InChI=1S/C16H11F5N2O2S/c17-15(18)9-8-23(12-6-3-5-11(22)14(9)12)26(24,25)13-7-2-1-4-10(13)16(19,20)21/h1-8,15H,22H2. The van der Waals surface area contributed by atoms with E-state index in [1.165, 1.54) is 18.2 Å². The fourth-order valence-electron chi connectivity index (χ4n) is 2.71. The summed E-state index contributed by atoms with van der Waals surface area (Å²) in [6.45, 7) is 0. The number of fused-ring (bicyclic) bond motifs is 1. The Hall–Kier alpha value is -2.62. The number of nitrogens with zero attached hydrogens (tertiary/aromatic N) is 1. The van der Waals surface area contributed by atoms with E-state index in [9.17, 15) is 30.4 Å². The molecule has 26 heavy (non-hydrogen) atoms. The van der Waals surface area contributed by atoms with Gasteiger partial charge < -0.3 is 5.73 Å². The maximum atomic E-state index is 13.3. The van der Waals surface area contributed by atoms with Crippen LogP contribution >= 0.6 is 0 Å². The highest BCUT2D eigenvalue weighted by Gasteiger charge is 2.38. The summed E-state index contributed by atoms with van der Waals surface area (Å²) in [6.07, 6.45) is -7.39. The van der Waals surface area contributed by atoms with Gasteiger partial charge in [-0.25, -0.2) is 21.2 Å². The third-order valence-corrected chi connectivity index (χ3v) is 5.55. The van der Waals surface area contributed by atoms with Crippen molar-refractivity contribution in [3.8, 4) is 0 Å². The Balaban J connectivity index is 2.37. The lowest BCUT2D eigenvalue weighted by Crippen LogP contribution is -2.18. The van der Waals surface area contributed by atoms with Crippen molar-refractivity contribution >= 4 is 26.6 Å². The summed E-state index contributed by atoms with van der Waals surface area (Å²) in [4.78, 5) is -1.03. The SMILES string of the molecule is Nc1cccc2c1c(C(F)F)cn2S(=O)(=O)c1ccccc1C(F)(F)F. The molecule has 0 spiro atoms. The van der Waals surface area contributed by atoms with E-state index in [2.05, 4.69) is 0 Å². The Bertz CT molecular complexity index is 1090. The number of alkyl halides is 5. The molecule has 3 aromatic rings. The van der Waals surface area contributed by atoms with Crippen LogP contribution in [0, 0.1) is 0 Å². The Morgan fingerprint density at radius 1 is 1.00 bits per heavy atom. The van der Waals surface area contributed by atoms with Gasteiger partial charge in [0.15, 0.2) is 0 Å². The molecule has 0 aliphatic carbocycles. The maximum Gasteiger partial charge on any atom is 0.417 e. The summed E-state index contributed by atoms with van der Waals surface area (Å²) >= 11 is 0. The maximum absolute atomic E-state index is 13.3. The van der Waals surface area contributed by atoms with Gasteiger partial charge in [-0.15, -0.1) is 0 Å². The molecule has 138 valence electrons. The van der Waals surface area contributed by atoms with Crippen LogP contribution in [0.1, 0.15) is 17.6 Å². The zero-order valence-corrected chi connectivity index (χ0v) is 13.7. The van der Waals surface area contributed by atoms with Gasteiger partial charge in [-0.05, 0) is 24.3 Å². The zero-order chi connectivity index (χ0) is 19.3. The minimum Gasteiger partial charge on any atom is -0.398 e. The zero-order valence-electron chi connectivity index (χ0n) is 12.8. The third kappa shape index (κ3) is 2.79. The van der Waals surface area contributed by atoms with Crippen LogP contribution in [0.5, 0.6) is 0 Å². The quantitative estimate of drug-likeness (QED) is 0.532. The largest absolute Gasteiger partial charge is 0.417 e. The van der Waals surface area contributed by atoms with Gasteiger partial charge in [-0.3, -0.25) is 0 Å². The van der Waals surface area contributed by atoms with E-state index >= 15 is 0 Å². The molecular weight excluding hydrogens is 379 g/mol. The predicted molar refractivity (Wildman–Crippen MR) is 85.3 cm³/mol. The molecule has 10 heteroatoms. The first kappa shape index (κ1) is 18.2. The van der Waals surface area contributed by atoms with Gasteiger partial charge in [0, 0.05) is 22.8 Å². The Morgan fingerprint density at radius 3 is 2.27 bits per heavy atom. The highest BCUT2D eigenvalue weighted by Crippen LogP contribution is 2.38. The van der Waals surface area contributed by atoms with Crippen LogP contribution in [0.4, 0.5) is 27.6 Å². The van der Waals surface area contributed by atoms with Crippen molar-refractivity contribution < 1.29 is 30.4 Å². The lowest BCUT2D eigenvalue weighted by atomic mass is 10.1. The van der Waals surface area contributed by atoms with Crippen molar-refractivity contribution in [3.63, 3.8) is 0 Å². The van der Waals surface area contributed by atoms with Crippen LogP contribution in [0.3, 0.4) is 0 Å². The van der Waals surface area contributed by atoms with Crippen molar-refractivity contribution in [2.24, 2.45) is 0 Å². The Labute approximate surface area is 144 Å². The van der Waals surface area contributed by atoms with E-state index in [0.717, 1.165) is 18.2 Å². The summed E-state index contributed by atoms with van der Waals surface area (Å²) in [5.74, 6) is 0. The number of halogens is 5. The molecular formula is C16H11F5N2O2S. The normalized spacial score (nSPS) is 12.8. The number of rotatable bonds is 3. The second-order valence-electron chi connectivity index (χ2n) is 5.42. The summed E-state index contributed by atoms with van der Waals surface area (Å²) in [7, 11) is -4.80. The van der Waals surface area contributed by atoms with E-state index in [4.69, 9.17) is 5.73 Å². The molecule has 1 heterocycles. The second kappa shape index (κ2) is 5.97. The Morgan fingerprint density at radius 2 is 1.65 bits per heavy atom. The van der Waals surface area contributed by atoms with E-state index in [1.54, 1.807) is 0 Å². The topological polar surface area (TPSA) is 65.1 Å². The van der Waals surface area contributed by atoms with Crippen molar-refractivity contribution in [1.29, 1.82) is 0 Å². The molecule has 0 fully saturated rings. The molecule has 0 aliphatic rings. The molecule has 0 saturated carbocycles. The average molecular weight is 390 g/mol. The lowest BCUT2D eigenvalue weighted by molar-refractivity contribution is -0.139. The number of nitrogen functional groups attached to an aromatic ring is 1. The van der Waals surface area contributed by atoms with Crippen LogP contribution in [0.2, 0.25) is 0 Å². The molecule has 2 aromatic carbocycles. The van der Waals surface area contributed by atoms with E-state index in [-0.39, 0.29) is 16.6 Å². The van der Waals surface area contributed by atoms with Crippen LogP contribution in [-0.2, 0) is 16.2 Å². The number of benzene rings is 2. The molecule has 0 unspecified atom stereocenters. The molecule has 0 bridgehead atoms.